The predicted molar refractivity (Wildman–Crippen MR) is 69.8 cm³/mol. The van der Waals surface area contributed by atoms with Gasteiger partial charge >= 0.3 is 5.69 Å². The van der Waals surface area contributed by atoms with Crippen molar-refractivity contribution in [1.29, 1.82) is 0 Å². The van der Waals surface area contributed by atoms with Gasteiger partial charge in [0.1, 0.15) is 5.69 Å². The molecule has 6 heteroatoms. The lowest BCUT2D eigenvalue weighted by Gasteiger charge is -2.27. The largest absolute Gasteiger partial charge is 0.313 e. The molecule has 5 nitrogen and oxygen atoms in total. The molecule has 0 radical (unpaired) electrons. The zero-order valence-electron chi connectivity index (χ0n) is 9.36. The summed E-state index contributed by atoms with van der Waals surface area (Å²) < 4.78 is 0.504. The van der Waals surface area contributed by atoms with Gasteiger partial charge in [-0.15, -0.1) is 0 Å². The Morgan fingerprint density at radius 3 is 2.65 bits per heavy atom. The maximum atomic E-state index is 11.0. The number of anilines is 1. The van der Waals surface area contributed by atoms with Crippen LogP contribution in [0, 0.1) is 10.1 Å². The predicted octanol–water partition coefficient (Wildman–Crippen LogP) is 3.17. The number of hydrazine groups is 1. The number of hydrogen-bond acceptors (Lipinski definition) is 4. The van der Waals surface area contributed by atoms with Crippen LogP contribution < -0.4 is 5.43 Å². The molecule has 0 spiro atoms. The van der Waals surface area contributed by atoms with Gasteiger partial charge in [0.05, 0.1) is 9.40 Å². The zero-order valence-corrected chi connectivity index (χ0v) is 10.9. The van der Waals surface area contributed by atoms with E-state index in [1.54, 1.807) is 18.2 Å². The van der Waals surface area contributed by atoms with Crippen molar-refractivity contribution < 1.29 is 4.92 Å². The molecule has 1 aliphatic heterocycles. The molecule has 0 amide bonds. The van der Waals surface area contributed by atoms with Crippen LogP contribution in [0.2, 0.25) is 0 Å². The van der Waals surface area contributed by atoms with E-state index in [1.807, 2.05) is 5.01 Å². The monoisotopic (exact) mass is 299 g/mol. The molecule has 1 saturated heterocycles. The number of nitro benzene ring substituents is 1. The summed E-state index contributed by atoms with van der Waals surface area (Å²) in [4.78, 5) is 10.6. The average Bonchev–Trinajstić information content (AvgIpc) is 2.30. The Bertz CT molecular complexity index is 419. The van der Waals surface area contributed by atoms with Gasteiger partial charge in [0.2, 0.25) is 0 Å². The third kappa shape index (κ3) is 2.95. The van der Waals surface area contributed by atoms with E-state index in [9.17, 15) is 10.1 Å². The molecule has 0 saturated carbocycles. The van der Waals surface area contributed by atoms with Crippen molar-refractivity contribution in [1.82, 2.24) is 5.01 Å². The number of nitrogens with one attached hydrogen (secondary N) is 1. The number of benzene rings is 1. The first-order valence-electron chi connectivity index (χ1n) is 5.63. The topological polar surface area (TPSA) is 58.4 Å². The van der Waals surface area contributed by atoms with E-state index in [-0.39, 0.29) is 10.6 Å². The maximum absolute atomic E-state index is 11.0. The lowest BCUT2D eigenvalue weighted by Crippen LogP contribution is -2.35. The van der Waals surface area contributed by atoms with Crippen LogP contribution in [0.5, 0.6) is 0 Å². The fourth-order valence-electron chi connectivity index (χ4n) is 1.97. The molecule has 17 heavy (non-hydrogen) atoms. The average molecular weight is 300 g/mol. The van der Waals surface area contributed by atoms with Gasteiger partial charge in [-0.3, -0.25) is 10.1 Å². The molecule has 1 aromatic rings. The van der Waals surface area contributed by atoms with Crippen LogP contribution in [0.4, 0.5) is 11.4 Å². The second kappa shape index (κ2) is 5.46. The van der Waals surface area contributed by atoms with Gasteiger partial charge in [0.15, 0.2) is 0 Å². The molecule has 0 atom stereocenters. The Morgan fingerprint density at radius 2 is 2.00 bits per heavy atom. The van der Waals surface area contributed by atoms with Crippen molar-refractivity contribution in [2.24, 2.45) is 0 Å². The highest BCUT2D eigenvalue weighted by molar-refractivity contribution is 9.10. The molecule has 1 aromatic carbocycles. The molecular formula is C11H14BrN3O2. The second-order valence-electron chi connectivity index (χ2n) is 4.05. The fourth-order valence-corrected chi connectivity index (χ4v) is 2.48. The third-order valence-corrected chi connectivity index (χ3v) is 3.44. The van der Waals surface area contributed by atoms with Crippen LogP contribution in [0.1, 0.15) is 19.3 Å². The van der Waals surface area contributed by atoms with Crippen molar-refractivity contribution in [3.8, 4) is 0 Å². The van der Waals surface area contributed by atoms with Crippen molar-refractivity contribution in [3.63, 3.8) is 0 Å². The van der Waals surface area contributed by atoms with Crippen LogP contribution in [-0.4, -0.2) is 23.0 Å². The van der Waals surface area contributed by atoms with E-state index >= 15 is 0 Å². The molecule has 1 heterocycles. The molecular weight excluding hydrogens is 286 g/mol. The summed E-state index contributed by atoms with van der Waals surface area (Å²) in [6.07, 6.45) is 3.50. The highest BCUT2D eigenvalue weighted by Gasteiger charge is 2.20. The van der Waals surface area contributed by atoms with Crippen molar-refractivity contribution in [2.45, 2.75) is 19.3 Å². The first-order chi connectivity index (χ1) is 8.18. The Labute approximate surface area is 108 Å². The Kier molecular flexibility index (Phi) is 3.96. The molecule has 0 unspecified atom stereocenters. The van der Waals surface area contributed by atoms with Crippen LogP contribution in [0.3, 0.4) is 0 Å². The van der Waals surface area contributed by atoms with E-state index in [4.69, 9.17) is 0 Å². The minimum Gasteiger partial charge on any atom is -0.313 e. The number of para-hydroxylation sites is 1. The summed E-state index contributed by atoms with van der Waals surface area (Å²) in [6.45, 7) is 1.87. The van der Waals surface area contributed by atoms with Crippen molar-refractivity contribution >= 4 is 27.3 Å². The van der Waals surface area contributed by atoms with Gasteiger partial charge in [-0.25, -0.2) is 5.01 Å². The smallest absolute Gasteiger partial charge is 0.307 e. The molecule has 1 fully saturated rings. The first-order valence-corrected chi connectivity index (χ1v) is 6.42. The number of piperidine rings is 1. The van der Waals surface area contributed by atoms with E-state index in [0.29, 0.717) is 10.2 Å². The van der Waals surface area contributed by atoms with E-state index in [0.717, 1.165) is 25.9 Å². The number of rotatable bonds is 3. The Balaban J connectivity index is 2.19. The molecule has 92 valence electrons. The van der Waals surface area contributed by atoms with Crippen molar-refractivity contribution in [2.75, 3.05) is 18.5 Å². The summed E-state index contributed by atoms with van der Waals surface area (Å²) in [6, 6.07) is 5.21. The van der Waals surface area contributed by atoms with Gasteiger partial charge in [-0.2, -0.15) is 0 Å². The summed E-state index contributed by atoms with van der Waals surface area (Å²) in [5.41, 5.74) is 3.78. The lowest BCUT2D eigenvalue weighted by molar-refractivity contribution is -0.384. The van der Waals surface area contributed by atoms with Crippen LogP contribution in [0.25, 0.3) is 0 Å². The lowest BCUT2D eigenvalue weighted by atomic mass is 10.2. The third-order valence-electron chi connectivity index (χ3n) is 2.80. The van der Waals surface area contributed by atoms with Crippen LogP contribution in [-0.2, 0) is 0 Å². The van der Waals surface area contributed by atoms with Crippen molar-refractivity contribution in [3.05, 3.63) is 32.8 Å². The van der Waals surface area contributed by atoms with Gasteiger partial charge in [0.25, 0.3) is 0 Å². The number of nitro groups is 1. The standard InChI is InChI=1S/C11H14BrN3O2/c12-9-5-4-6-10(11(9)15(16)17)13-14-7-2-1-3-8-14/h4-6,13H,1-3,7-8H2. The Morgan fingerprint density at radius 1 is 1.29 bits per heavy atom. The summed E-state index contributed by atoms with van der Waals surface area (Å²) in [5.74, 6) is 0. The van der Waals surface area contributed by atoms with Gasteiger partial charge in [-0.05, 0) is 40.9 Å². The SMILES string of the molecule is O=[N+]([O-])c1c(Br)cccc1NN1CCCCC1. The highest BCUT2D eigenvalue weighted by atomic mass is 79.9. The normalized spacial score (nSPS) is 16.8. The highest BCUT2D eigenvalue weighted by Crippen LogP contribution is 2.33. The van der Waals surface area contributed by atoms with E-state index in [1.165, 1.54) is 6.42 Å². The van der Waals surface area contributed by atoms with Gasteiger partial charge in [0, 0.05) is 13.1 Å². The van der Waals surface area contributed by atoms with E-state index < -0.39 is 0 Å². The van der Waals surface area contributed by atoms with Gasteiger partial charge < -0.3 is 5.43 Å². The van der Waals surface area contributed by atoms with Gasteiger partial charge in [-0.1, -0.05) is 12.5 Å². The van der Waals surface area contributed by atoms with E-state index in [2.05, 4.69) is 21.4 Å². The molecule has 0 aliphatic carbocycles. The summed E-state index contributed by atoms with van der Waals surface area (Å²) >= 11 is 3.21. The first kappa shape index (κ1) is 12.3. The van der Waals surface area contributed by atoms with Crippen LogP contribution in [0.15, 0.2) is 22.7 Å². The molecule has 2 rings (SSSR count). The molecule has 1 N–H and O–H groups in total. The summed E-state index contributed by atoms with van der Waals surface area (Å²) in [5, 5.41) is 13.0. The van der Waals surface area contributed by atoms with Crippen LogP contribution >= 0.6 is 15.9 Å². The number of nitrogens with zero attached hydrogens (tertiary/aromatic N) is 2. The molecule has 1 aliphatic rings. The maximum Gasteiger partial charge on any atom is 0.307 e. The summed E-state index contributed by atoms with van der Waals surface area (Å²) in [7, 11) is 0. The second-order valence-corrected chi connectivity index (χ2v) is 4.91. The Hall–Kier alpha value is -1.14. The quantitative estimate of drug-likeness (QED) is 0.688. The minimum absolute atomic E-state index is 0.0954. The minimum atomic E-state index is -0.365. The number of hydrogen-bond donors (Lipinski definition) is 1. The number of halogens is 1. The molecule has 0 aromatic heterocycles. The molecule has 0 bridgehead atoms. The zero-order chi connectivity index (χ0) is 12.3. The fraction of sp³-hybridized carbons (Fsp3) is 0.455.